The zero-order valence-corrected chi connectivity index (χ0v) is 19.3. The van der Waals surface area contributed by atoms with Crippen molar-refractivity contribution in [1.29, 1.82) is 5.26 Å². The second-order valence-corrected chi connectivity index (χ2v) is 7.58. The molecule has 0 aliphatic carbocycles. The third-order valence-electron chi connectivity index (χ3n) is 4.73. The second kappa shape index (κ2) is 11.5. The molecule has 7 nitrogen and oxygen atoms in total. The number of ether oxygens (including phenoxy) is 2. The molecule has 0 aliphatic rings. The number of carbonyl (C=O) groups excluding carboxylic acids is 2. The van der Waals surface area contributed by atoms with E-state index in [1.54, 1.807) is 42.5 Å². The number of nitriles is 1. The summed E-state index contributed by atoms with van der Waals surface area (Å²) in [7, 11) is 1.42. The molecule has 172 valence electrons. The standard InChI is InChI=1S/C26H22ClN3O4/c1-17-8-6-7-11-22(17)30-26(32)19(15-28)12-18-13-21(27)25(23(14-18)33-2)34-16-24(31)29-20-9-4-3-5-10-20/h3-14H,16H2,1-2H3,(H,29,31)(H,30,32)/b19-12+. The number of anilines is 2. The number of halogens is 1. The minimum atomic E-state index is -0.551. The predicted molar refractivity (Wildman–Crippen MR) is 132 cm³/mol. The van der Waals surface area contributed by atoms with Crippen molar-refractivity contribution in [2.24, 2.45) is 0 Å². The van der Waals surface area contributed by atoms with Gasteiger partial charge in [-0.3, -0.25) is 9.59 Å². The predicted octanol–water partition coefficient (Wildman–Crippen LogP) is 5.22. The molecule has 0 aliphatic heterocycles. The van der Waals surface area contributed by atoms with E-state index in [1.165, 1.54) is 19.3 Å². The fraction of sp³-hybridized carbons (Fsp3) is 0.115. The monoisotopic (exact) mass is 475 g/mol. The number of hydrogen-bond acceptors (Lipinski definition) is 5. The van der Waals surface area contributed by atoms with Crippen LogP contribution >= 0.6 is 11.6 Å². The lowest BCUT2D eigenvalue weighted by Crippen LogP contribution is -2.20. The molecule has 0 heterocycles. The first-order valence-electron chi connectivity index (χ1n) is 10.2. The van der Waals surface area contributed by atoms with Gasteiger partial charge < -0.3 is 20.1 Å². The van der Waals surface area contributed by atoms with Gasteiger partial charge in [0.1, 0.15) is 11.6 Å². The third-order valence-corrected chi connectivity index (χ3v) is 5.01. The molecule has 0 bridgehead atoms. The van der Waals surface area contributed by atoms with E-state index in [0.29, 0.717) is 16.9 Å². The third kappa shape index (κ3) is 6.37. The molecule has 0 atom stereocenters. The number of carbonyl (C=O) groups is 2. The Kier molecular flexibility index (Phi) is 8.27. The van der Waals surface area contributed by atoms with Crippen molar-refractivity contribution in [1.82, 2.24) is 0 Å². The van der Waals surface area contributed by atoms with Gasteiger partial charge in [-0.05, 0) is 54.5 Å². The summed E-state index contributed by atoms with van der Waals surface area (Å²) in [5, 5.41) is 15.1. The Labute approximate surface area is 202 Å². The Balaban J connectivity index is 1.75. The Hall–Kier alpha value is -4.28. The minimum Gasteiger partial charge on any atom is -0.493 e. The lowest BCUT2D eigenvalue weighted by atomic mass is 10.1. The average Bonchev–Trinajstić information content (AvgIpc) is 2.83. The first-order valence-corrected chi connectivity index (χ1v) is 10.6. The average molecular weight is 476 g/mol. The van der Waals surface area contributed by atoms with Crippen molar-refractivity contribution in [3.05, 3.63) is 88.5 Å². The van der Waals surface area contributed by atoms with Gasteiger partial charge in [0.25, 0.3) is 11.8 Å². The molecule has 0 aromatic heterocycles. The van der Waals surface area contributed by atoms with Crippen LogP contribution in [0.4, 0.5) is 11.4 Å². The molecular formula is C26H22ClN3O4. The van der Waals surface area contributed by atoms with Crippen molar-refractivity contribution >= 4 is 40.9 Å². The normalized spacial score (nSPS) is 10.7. The number of amides is 2. The Morgan fingerprint density at radius 1 is 1.06 bits per heavy atom. The van der Waals surface area contributed by atoms with E-state index in [4.69, 9.17) is 21.1 Å². The van der Waals surface area contributed by atoms with E-state index in [1.807, 2.05) is 31.2 Å². The smallest absolute Gasteiger partial charge is 0.266 e. The van der Waals surface area contributed by atoms with Crippen LogP contribution in [0.15, 0.2) is 72.3 Å². The van der Waals surface area contributed by atoms with Crippen molar-refractivity contribution in [3.63, 3.8) is 0 Å². The Morgan fingerprint density at radius 2 is 1.76 bits per heavy atom. The van der Waals surface area contributed by atoms with Crippen LogP contribution in [0.1, 0.15) is 11.1 Å². The first kappa shape index (κ1) is 24.4. The second-order valence-electron chi connectivity index (χ2n) is 7.18. The van der Waals surface area contributed by atoms with E-state index in [-0.39, 0.29) is 34.6 Å². The largest absolute Gasteiger partial charge is 0.493 e. The molecular weight excluding hydrogens is 454 g/mol. The summed E-state index contributed by atoms with van der Waals surface area (Å²) in [6, 6.07) is 21.2. The molecule has 0 saturated heterocycles. The number of methoxy groups -OCH3 is 1. The molecule has 3 aromatic rings. The lowest BCUT2D eigenvalue weighted by molar-refractivity contribution is -0.118. The number of nitrogens with one attached hydrogen (secondary N) is 2. The van der Waals surface area contributed by atoms with Gasteiger partial charge in [0.05, 0.1) is 12.1 Å². The minimum absolute atomic E-state index is 0.114. The Bertz CT molecular complexity index is 1270. The maximum absolute atomic E-state index is 12.6. The summed E-state index contributed by atoms with van der Waals surface area (Å²) in [6.45, 7) is 1.57. The van der Waals surface area contributed by atoms with Gasteiger partial charge in [-0.2, -0.15) is 5.26 Å². The lowest BCUT2D eigenvalue weighted by Gasteiger charge is -2.13. The molecule has 3 rings (SSSR count). The molecule has 0 radical (unpaired) electrons. The highest BCUT2D eigenvalue weighted by Crippen LogP contribution is 2.37. The van der Waals surface area contributed by atoms with Crippen molar-refractivity contribution in [2.45, 2.75) is 6.92 Å². The maximum atomic E-state index is 12.6. The topological polar surface area (TPSA) is 100 Å². The summed E-state index contributed by atoms with van der Waals surface area (Å²) in [5.74, 6) is -0.493. The molecule has 2 N–H and O–H groups in total. The van der Waals surface area contributed by atoms with Crippen LogP contribution in [0.5, 0.6) is 11.5 Å². The van der Waals surface area contributed by atoms with Crippen LogP contribution in [0.3, 0.4) is 0 Å². The van der Waals surface area contributed by atoms with E-state index < -0.39 is 5.91 Å². The number of hydrogen-bond donors (Lipinski definition) is 2. The van der Waals surface area contributed by atoms with Gasteiger partial charge in [-0.15, -0.1) is 0 Å². The highest BCUT2D eigenvalue weighted by molar-refractivity contribution is 6.32. The zero-order chi connectivity index (χ0) is 24.5. The summed E-state index contributed by atoms with van der Waals surface area (Å²) in [4.78, 5) is 24.8. The molecule has 2 amide bonds. The number of nitrogens with zero attached hydrogens (tertiary/aromatic N) is 1. The summed E-state index contributed by atoms with van der Waals surface area (Å²) in [6.07, 6.45) is 1.40. The summed E-state index contributed by atoms with van der Waals surface area (Å²) in [5.41, 5.74) is 2.47. The van der Waals surface area contributed by atoms with Crippen molar-refractivity contribution in [2.75, 3.05) is 24.4 Å². The fourth-order valence-electron chi connectivity index (χ4n) is 3.04. The molecule has 0 saturated carbocycles. The first-order chi connectivity index (χ1) is 16.4. The summed E-state index contributed by atoms with van der Waals surface area (Å²) >= 11 is 6.36. The molecule has 0 spiro atoms. The van der Waals surface area contributed by atoms with Crippen molar-refractivity contribution < 1.29 is 19.1 Å². The SMILES string of the molecule is COc1cc(/C=C(\C#N)C(=O)Nc2ccccc2C)cc(Cl)c1OCC(=O)Nc1ccccc1. The van der Waals surface area contributed by atoms with Crippen LogP contribution in [-0.4, -0.2) is 25.5 Å². The van der Waals surface area contributed by atoms with Crippen molar-refractivity contribution in [3.8, 4) is 17.6 Å². The van der Waals surface area contributed by atoms with Gasteiger partial charge in [-0.25, -0.2) is 0 Å². The van der Waals surface area contributed by atoms with E-state index >= 15 is 0 Å². The number of para-hydroxylation sites is 2. The fourth-order valence-corrected chi connectivity index (χ4v) is 3.31. The molecule has 34 heavy (non-hydrogen) atoms. The quantitative estimate of drug-likeness (QED) is 0.343. The van der Waals surface area contributed by atoms with Gasteiger partial charge in [0.2, 0.25) is 0 Å². The van der Waals surface area contributed by atoms with Gasteiger partial charge in [0.15, 0.2) is 18.1 Å². The van der Waals surface area contributed by atoms with E-state index in [0.717, 1.165) is 5.56 Å². The highest BCUT2D eigenvalue weighted by Gasteiger charge is 2.16. The van der Waals surface area contributed by atoms with Crippen LogP contribution < -0.4 is 20.1 Å². The Morgan fingerprint density at radius 3 is 2.44 bits per heavy atom. The van der Waals surface area contributed by atoms with Gasteiger partial charge in [-0.1, -0.05) is 48.0 Å². The number of rotatable bonds is 8. The van der Waals surface area contributed by atoms with E-state index in [9.17, 15) is 14.9 Å². The van der Waals surface area contributed by atoms with Gasteiger partial charge >= 0.3 is 0 Å². The number of aryl methyl sites for hydroxylation is 1. The number of benzene rings is 3. The van der Waals surface area contributed by atoms with Crippen LogP contribution in [0.2, 0.25) is 5.02 Å². The molecule has 0 unspecified atom stereocenters. The molecule has 3 aromatic carbocycles. The summed E-state index contributed by atoms with van der Waals surface area (Å²) < 4.78 is 10.9. The zero-order valence-electron chi connectivity index (χ0n) is 18.6. The van der Waals surface area contributed by atoms with E-state index in [2.05, 4.69) is 10.6 Å². The van der Waals surface area contributed by atoms with Gasteiger partial charge in [0, 0.05) is 11.4 Å². The molecule has 8 heteroatoms. The highest BCUT2D eigenvalue weighted by atomic mass is 35.5. The maximum Gasteiger partial charge on any atom is 0.266 e. The van der Waals surface area contributed by atoms with Crippen LogP contribution in [0.25, 0.3) is 6.08 Å². The van der Waals surface area contributed by atoms with Crippen LogP contribution in [-0.2, 0) is 9.59 Å². The van der Waals surface area contributed by atoms with Crippen LogP contribution in [0, 0.1) is 18.3 Å². The molecule has 0 fully saturated rings.